The van der Waals surface area contributed by atoms with Gasteiger partial charge >= 0.3 is 0 Å². The molecular formula is C7H7FO3S. The zero-order valence-electron chi connectivity index (χ0n) is 6.32. The van der Waals surface area contributed by atoms with Crippen molar-refractivity contribution in [2.75, 3.05) is 7.11 Å². The van der Waals surface area contributed by atoms with Crippen LogP contribution in [0.3, 0.4) is 0 Å². The highest BCUT2D eigenvalue weighted by Crippen LogP contribution is 2.11. The van der Waals surface area contributed by atoms with Crippen LogP contribution >= 0.6 is 0 Å². The van der Waals surface area contributed by atoms with Crippen LogP contribution in [0.5, 0.6) is 0 Å². The van der Waals surface area contributed by atoms with E-state index >= 15 is 0 Å². The lowest BCUT2D eigenvalue weighted by Crippen LogP contribution is -2.02. The van der Waals surface area contributed by atoms with Gasteiger partial charge in [0.05, 0.1) is 12.0 Å². The van der Waals surface area contributed by atoms with E-state index in [1.807, 2.05) is 0 Å². The second kappa shape index (κ2) is 3.20. The summed E-state index contributed by atoms with van der Waals surface area (Å²) in [5, 5.41) is 0. The molecule has 1 aromatic carbocycles. The molecular weight excluding hydrogens is 183 g/mol. The van der Waals surface area contributed by atoms with Crippen LogP contribution in [0.25, 0.3) is 0 Å². The van der Waals surface area contributed by atoms with Crippen molar-refractivity contribution in [3.05, 3.63) is 30.1 Å². The van der Waals surface area contributed by atoms with E-state index in [-0.39, 0.29) is 4.90 Å². The molecule has 12 heavy (non-hydrogen) atoms. The van der Waals surface area contributed by atoms with Crippen LogP contribution < -0.4 is 0 Å². The van der Waals surface area contributed by atoms with Crippen LogP contribution in [-0.4, -0.2) is 15.5 Å². The van der Waals surface area contributed by atoms with Gasteiger partial charge in [0.1, 0.15) is 5.82 Å². The largest absolute Gasteiger partial charge is 0.296 e. The van der Waals surface area contributed by atoms with Gasteiger partial charge in [0, 0.05) is 0 Å². The minimum Gasteiger partial charge on any atom is -0.270 e. The molecule has 0 heterocycles. The smallest absolute Gasteiger partial charge is 0.270 e. The zero-order valence-corrected chi connectivity index (χ0v) is 7.14. The average Bonchev–Trinajstić information content (AvgIpc) is 2.05. The maximum atomic E-state index is 12.3. The lowest BCUT2D eigenvalue weighted by molar-refractivity contribution is 0.397. The first-order valence-electron chi connectivity index (χ1n) is 3.12. The van der Waals surface area contributed by atoms with E-state index in [1.54, 1.807) is 0 Å². The fraction of sp³-hybridized carbons (Fsp3) is 0.143. The first-order chi connectivity index (χ1) is 5.56. The van der Waals surface area contributed by atoms with Gasteiger partial charge in [-0.25, -0.2) is 4.39 Å². The van der Waals surface area contributed by atoms with E-state index in [2.05, 4.69) is 4.18 Å². The molecule has 0 fully saturated rings. The van der Waals surface area contributed by atoms with Crippen molar-refractivity contribution in [1.29, 1.82) is 0 Å². The van der Waals surface area contributed by atoms with Crippen molar-refractivity contribution in [3.63, 3.8) is 0 Å². The highest BCUT2D eigenvalue weighted by molar-refractivity contribution is 7.86. The molecule has 0 aliphatic heterocycles. The van der Waals surface area contributed by atoms with E-state index in [4.69, 9.17) is 0 Å². The number of halogens is 1. The maximum absolute atomic E-state index is 12.3. The predicted octanol–water partition coefficient (Wildman–Crippen LogP) is 1.16. The summed E-state index contributed by atoms with van der Waals surface area (Å²) in [5.41, 5.74) is 0. The van der Waals surface area contributed by atoms with Gasteiger partial charge in [-0.2, -0.15) is 8.42 Å². The van der Waals surface area contributed by atoms with E-state index in [0.717, 1.165) is 31.4 Å². The minimum atomic E-state index is -3.68. The van der Waals surface area contributed by atoms with Gasteiger partial charge in [0.25, 0.3) is 10.1 Å². The zero-order chi connectivity index (χ0) is 9.19. The molecule has 1 rings (SSSR count). The van der Waals surface area contributed by atoms with Gasteiger partial charge in [0.2, 0.25) is 0 Å². The molecule has 0 radical (unpaired) electrons. The summed E-state index contributed by atoms with van der Waals surface area (Å²) in [4.78, 5) is -0.0496. The van der Waals surface area contributed by atoms with Gasteiger partial charge in [-0.1, -0.05) is 0 Å². The third-order valence-corrected chi connectivity index (χ3v) is 2.61. The van der Waals surface area contributed by atoms with Crippen molar-refractivity contribution in [2.45, 2.75) is 4.90 Å². The van der Waals surface area contributed by atoms with Crippen LogP contribution in [0.4, 0.5) is 4.39 Å². The molecule has 66 valence electrons. The number of rotatable bonds is 2. The van der Waals surface area contributed by atoms with Gasteiger partial charge in [-0.3, -0.25) is 4.18 Å². The van der Waals surface area contributed by atoms with Crippen molar-refractivity contribution in [3.8, 4) is 0 Å². The fourth-order valence-electron chi connectivity index (χ4n) is 0.697. The average molecular weight is 190 g/mol. The van der Waals surface area contributed by atoms with Crippen LogP contribution in [0.15, 0.2) is 29.2 Å². The highest BCUT2D eigenvalue weighted by atomic mass is 32.2. The Balaban J connectivity index is 3.14. The molecule has 3 nitrogen and oxygen atoms in total. The summed E-state index contributed by atoms with van der Waals surface area (Å²) < 4.78 is 38.5. The Hall–Kier alpha value is -0.940. The Morgan fingerprint density at radius 1 is 1.25 bits per heavy atom. The molecule has 1 aromatic rings. The molecule has 0 N–H and O–H groups in total. The predicted molar refractivity (Wildman–Crippen MR) is 40.6 cm³/mol. The summed E-state index contributed by atoms with van der Waals surface area (Å²) in [5.74, 6) is -0.481. The lowest BCUT2D eigenvalue weighted by atomic mass is 10.4. The Labute approximate surface area is 69.9 Å². The van der Waals surface area contributed by atoms with Crippen molar-refractivity contribution < 1.29 is 17.0 Å². The molecule has 0 aliphatic carbocycles. The second-order valence-corrected chi connectivity index (χ2v) is 3.79. The topological polar surface area (TPSA) is 43.4 Å². The standard InChI is InChI=1S/C7H7FO3S/c1-11-12(9,10)7-4-2-6(8)3-5-7/h2-5H,1H3. The summed E-state index contributed by atoms with van der Waals surface area (Å²) in [6, 6.07) is 4.42. The first-order valence-corrected chi connectivity index (χ1v) is 4.53. The summed E-state index contributed by atoms with van der Waals surface area (Å²) in [7, 11) is -2.63. The second-order valence-electron chi connectivity index (χ2n) is 2.07. The van der Waals surface area contributed by atoms with Crippen LogP contribution in [0.1, 0.15) is 0 Å². The van der Waals surface area contributed by atoms with Crippen LogP contribution in [-0.2, 0) is 14.3 Å². The van der Waals surface area contributed by atoms with Crippen molar-refractivity contribution >= 4 is 10.1 Å². The Morgan fingerprint density at radius 2 is 1.75 bits per heavy atom. The molecule has 5 heteroatoms. The Kier molecular flexibility index (Phi) is 2.44. The number of hydrogen-bond donors (Lipinski definition) is 0. The van der Waals surface area contributed by atoms with Crippen molar-refractivity contribution in [1.82, 2.24) is 0 Å². The lowest BCUT2D eigenvalue weighted by Gasteiger charge is -1.99. The van der Waals surface area contributed by atoms with Gasteiger partial charge < -0.3 is 0 Å². The van der Waals surface area contributed by atoms with Gasteiger partial charge in [-0.15, -0.1) is 0 Å². The molecule has 0 saturated carbocycles. The van der Waals surface area contributed by atoms with E-state index in [0.29, 0.717) is 0 Å². The third kappa shape index (κ3) is 1.80. The third-order valence-electron chi connectivity index (χ3n) is 1.32. The van der Waals surface area contributed by atoms with Crippen molar-refractivity contribution in [2.24, 2.45) is 0 Å². The highest BCUT2D eigenvalue weighted by Gasteiger charge is 2.11. The Morgan fingerprint density at radius 3 is 2.17 bits per heavy atom. The molecule has 0 bridgehead atoms. The fourth-order valence-corrected chi connectivity index (χ4v) is 1.36. The molecule has 0 atom stereocenters. The first kappa shape index (κ1) is 9.15. The summed E-state index contributed by atoms with van der Waals surface area (Å²) in [6.07, 6.45) is 0. The monoisotopic (exact) mass is 190 g/mol. The van der Waals surface area contributed by atoms with E-state index in [9.17, 15) is 12.8 Å². The normalized spacial score (nSPS) is 11.5. The Bertz CT molecular complexity index is 355. The maximum Gasteiger partial charge on any atom is 0.296 e. The SMILES string of the molecule is COS(=O)(=O)c1ccc(F)cc1. The minimum absolute atomic E-state index is 0.0496. The number of benzene rings is 1. The van der Waals surface area contributed by atoms with Gasteiger partial charge in [-0.05, 0) is 24.3 Å². The van der Waals surface area contributed by atoms with Gasteiger partial charge in [0.15, 0.2) is 0 Å². The van der Waals surface area contributed by atoms with Crippen LogP contribution in [0.2, 0.25) is 0 Å². The molecule has 0 saturated heterocycles. The molecule has 0 amide bonds. The molecule has 0 unspecified atom stereocenters. The molecule has 0 aromatic heterocycles. The quantitative estimate of drug-likeness (QED) is 0.657. The summed E-state index contributed by atoms with van der Waals surface area (Å²) >= 11 is 0. The van der Waals surface area contributed by atoms with E-state index < -0.39 is 15.9 Å². The van der Waals surface area contributed by atoms with E-state index in [1.165, 1.54) is 0 Å². The van der Waals surface area contributed by atoms with Crippen LogP contribution in [0, 0.1) is 5.82 Å². The summed E-state index contributed by atoms with van der Waals surface area (Å²) in [6.45, 7) is 0. The molecule has 0 spiro atoms. The number of hydrogen-bond acceptors (Lipinski definition) is 3. The molecule has 0 aliphatic rings.